The van der Waals surface area contributed by atoms with Crippen LogP contribution in [-0.4, -0.2) is 26.9 Å². The standard InChI is InChI=1S/C24H20Cl2N4OS/c1-16(19-6-2-3-7-20(19)26)28-29-23(31)15-32-24-27-21-8-4-5-9-22(21)30(24)14-17-10-12-18(25)13-11-17/h2-13H,14-15H2,1H3,(H,29,31)/b28-16-. The number of benzene rings is 3. The summed E-state index contributed by atoms with van der Waals surface area (Å²) >= 11 is 13.6. The molecule has 0 spiro atoms. The summed E-state index contributed by atoms with van der Waals surface area (Å²) in [4.78, 5) is 17.2. The van der Waals surface area contributed by atoms with Crippen LogP contribution in [0.4, 0.5) is 0 Å². The quantitative estimate of drug-likeness (QED) is 0.199. The lowest BCUT2D eigenvalue weighted by molar-refractivity contribution is -0.118. The highest BCUT2D eigenvalue weighted by atomic mass is 35.5. The lowest BCUT2D eigenvalue weighted by Gasteiger charge is -2.09. The number of nitrogens with one attached hydrogen (secondary N) is 1. The average Bonchev–Trinajstić information content (AvgIpc) is 3.15. The van der Waals surface area contributed by atoms with Gasteiger partial charge in [-0.2, -0.15) is 5.10 Å². The normalized spacial score (nSPS) is 11.7. The second-order valence-corrected chi connectivity index (χ2v) is 8.88. The predicted octanol–water partition coefficient (Wildman–Crippen LogP) is 6.02. The average molecular weight is 483 g/mol. The molecule has 4 aromatic rings. The Morgan fingerprint density at radius 2 is 1.75 bits per heavy atom. The first kappa shape index (κ1) is 22.4. The van der Waals surface area contributed by atoms with E-state index < -0.39 is 0 Å². The highest BCUT2D eigenvalue weighted by Gasteiger charge is 2.13. The van der Waals surface area contributed by atoms with Gasteiger partial charge in [0.2, 0.25) is 0 Å². The van der Waals surface area contributed by atoms with E-state index in [-0.39, 0.29) is 11.7 Å². The van der Waals surface area contributed by atoms with Crippen LogP contribution in [0.1, 0.15) is 18.1 Å². The van der Waals surface area contributed by atoms with E-state index in [9.17, 15) is 4.79 Å². The molecule has 0 radical (unpaired) electrons. The molecule has 162 valence electrons. The van der Waals surface area contributed by atoms with Gasteiger partial charge in [0.1, 0.15) is 0 Å². The Hall–Kier alpha value is -2.80. The van der Waals surface area contributed by atoms with Crippen molar-refractivity contribution in [2.24, 2.45) is 5.10 Å². The molecule has 0 atom stereocenters. The van der Waals surface area contributed by atoms with Crippen molar-refractivity contribution in [2.45, 2.75) is 18.6 Å². The van der Waals surface area contributed by atoms with Crippen molar-refractivity contribution in [3.63, 3.8) is 0 Å². The van der Waals surface area contributed by atoms with E-state index in [1.54, 1.807) is 13.0 Å². The lowest BCUT2D eigenvalue weighted by atomic mass is 10.1. The molecule has 5 nitrogen and oxygen atoms in total. The minimum atomic E-state index is -0.216. The van der Waals surface area contributed by atoms with E-state index in [0.29, 0.717) is 22.3 Å². The van der Waals surface area contributed by atoms with Gasteiger partial charge < -0.3 is 4.57 Å². The number of carbonyl (C=O) groups excluding carboxylic acids is 1. The van der Waals surface area contributed by atoms with Gasteiger partial charge in [0.05, 0.1) is 29.0 Å². The molecule has 1 amide bonds. The third-order valence-electron chi connectivity index (χ3n) is 4.82. The topological polar surface area (TPSA) is 59.3 Å². The highest BCUT2D eigenvalue weighted by molar-refractivity contribution is 7.99. The van der Waals surface area contributed by atoms with Crippen molar-refractivity contribution in [3.05, 3.63) is 94.0 Å². The number of fused-ring (bicyclic) bond motifs is 1. The Kier molecular flexibility index (Phi) is 7.15. The molecule has 0 aliphatic heterocycles. The van der Waals surface area contributed by atoms with E-state index in [0.717, 1.165) is 27.3 Å². The summed E-state index contributed by atoms with van der Waals surface area (Å²) in [5.74, 6) is -0.0324. The monoisotopic (exact) mass is 482 g/mol. The molecule has 0 bridgehead atoms. The van der Waals surface area contributed by atoms with Crippen LogP contribution in [0.3, 0.4) is 0 Å². The third kappa shape index (κ3) is 5.33. The number of hydrogen-bond acceptors (Lipinski definition) is 4. The van der Waals surface area contributed by atoms with Crippen molar-refractivity contribution in [3.8, 4) is 0 Å². The van der Waals surface area contributed by atoms with Crippen LogP contribution in [0, 0.1) is 0 Å². The van der Waals surface area contributed by atoms with E-state index in [2.05, 4.69) is 15.1 Å². The molecule has 1 heterocycles. The lowest BCUT2D eigenvalue weighted by Crippen LogP contribution is -2.21. The first-order valence-corrected chi connectivity index (χ1v) is 11.7. The number of imidazole rings is 1. The number of para-hydroxylation sites is 2. The second-order valence-electron chi connectivity index (χ2n) is 7.10. The van der Waals surface area contributed by atoms with Crippen molar-refractivity contribution < 1.29 is 4.79 Å². The SMILES string of the molecule is C/C(=N/NC(=O)CSc1nc2ccccc2n1Cc1ccc(Cl)cc1)c1ccccc1Cl. The Labute approximate surface area is 200 Å². The van der Waals surface area contributed by atoms with Gasteiger partial charge >= 0.3 is 0 Å². The third-order valence-corrected chi connectivity index (χ3v) is 6.38. The Morgan fingerprint density at radius 3 is 2.53 bits per heavy atom. The smallest absolute Gasteiger partial charge is 0.250 e. The summed E-state index contributed by atoms with van der Waals surface area (Å²) in [5.41, 5.74) is 7.03. The maximum Gasteiger partial charge on any atom is 0.250 e. The van der Waals surface area contributed by atoms with Gasteiger partial charge in [-0.1, -0.05) is 77.4 Å². The van der Waals surface area contributed by atoms with Crippen LogP contribution in [0.5, 0.6) is 0 Å². The Bertz CT molecular complexity index is 1280. The molecule has 3 aromatic carbocycles. The summed E-state index contributed by atoms with van der Waals surface area (Å²) in [6.07, 6.45) is 0. The Balaban J connectivity index is 1.48. The molecule has 4 rings (SSSR count). The number of aromatic nitrogens is 2. The minimum Gasteiger partial charge on any atom is -0.314 e. The van der Waals surface area contributed by atoms with Crippen molar-refractivity contribution in [2.75, 3.05) is 5.75 Å². The van der Waals surface area contributed by atoms with Crippen molar-refractivity contribution in [1.82, 2.24) is 15.0 Å². The number of rotatable bonds is 7. The van der Waals surface area contributed by atoms with E-state index in [1.807, 2.05) is 66.7 Å². The fourth-order valence-corrected chi connectivity index (χ4v) is 4.42. The zero-order valence-electron chi connectivity index (χ0n) is 17.3. The molecule has 0 saturated carbocycles. The highest BCUT2D eigenvalue weighted by Crippen LogP contribution is 2.25. The zero-order chi connectivity index (χ0) is 22.5. The number of hydrazone groups is 1. The maximum atomic E-state index is 12.4. The summed E-state index contributed by atoms with van der Waals surface area (Å²) in [7, 11) is 0. The minimum absolute atomic E-state index is 0.184. The van der Waals surface area contributed by atoms with Gasteiger partial charge in [-0.05, 0) is 42.8 Å². The van der Waals surface area contributed by atoms with Gasteiger partial charge in [-0.25, -0.2) is 10.4 Å². The molecule has 0 aliphatic carbocycles. The van der Waals surface area contributed by atoms with Gasteiger partial charge in [0.15, 0.2) is 5.16 Å². The molecule has 0 unspecified atom stereocenters. The van der Waals surface area contributed by atoms with Crippen LogP contribution >= 0.6 is 35.0 Å². The second kappa shape index (κ2) is 10.2. The summed E-state index contributed by atoms with van der Waals surface area (Å²) in [5, 5.41) is 6.24. The largest absolute Gasteiger partial charge is 0.314 e. The predicted molar refractivity (Wildman–Crippen MR) is 133 cm³/mol. The Morgan fingerprint density at radius 1 is 1.03 bits per heavy atom. The van der Waals surface area contributed by atoms with Crippen LogP contribution < -0.4 is 5.43 Å². The molecule has 32 heavy (non-hydrogen) atoms. The summed E-state index contributed by atoms with van der Waals surface area (Å²) in [6.45, 7) is 2.44. The summed E-state index contributed by atoms with van der Waals surface area (Å²) in [6, 6.07) is 23.0. The van der Waals surface area contributed by atoms with Crippen LogP contribution in [0.25, 0.3) is 11.0 Å². The van der Waals surface area contributed by atoms with Crippen LogP contribution in [-0.2, 0) is 11.3 Å². The molecule has 1 aromatic heterocycles. The fraction of sp³-hybridized carbons (Fsp3) is 0.125. The molecule has 0 fully saturated rings. The number of halogens is 2. The fourth-order valence-electron chi connectivity index (χ4n) is 3.21. The van der Waals surface area contributed by atoms with Gasteiger partial charge in [0, 0.05) is 15.6 Å². The number of nitrogens with zero attached hydrogens (tertiary/aromatic N) is 3. The molecule has 0 aliphatic rings. The zero-order valence-corrected chi connectivity index (χ0v) is 19.6. The van der Waals surface area contributed by atoms with Crippen LogP contribution in [0.2, 0.25) is 10.0 Å². The first-order chi connectivity index (χ1) is 15.5. The molecule has 0 saturated heterocycles. The maximum absolute atomic E-state index is 12.4. The molecule has 1 N–H and O–H groups in total. The summed E-state index contributed by atoms with van der Waals surface area (Å²) < 4.78 is 2.11. The van der Waals surface area contributed by atoms with Crippen molar-refractivity contribution in [1.29, 1.82) is 0 Å². The van der Waals surface area contributed by atoms with Gasteiger partial charge in [0.25, 0.3) is 5.91 Å². The van der Waals surface area contributed by atoms with E-state index in [1.165, 1.54) is 11.8 Å². The van der Waals surface area contributed by atoms with Gasteiger partial charge in [-0.15, -0.1) is 0 Å². The van der Waals surface area contributed by atoms with E-state index in [4.69, 9.17) is 28.2 Å². The number of hydrogen-bond donors (Lipinski definition) is 1. The molecular formula is C24H20Cl2N4OS. The molecular weight excluding hydrogens is 463 g/mol. The number of carbonyl (C=O) groups is 1. The number of thioether (sulfide) groups is 1. The van der Waals surface area contributed by atoms with E-state index >= 15 is 0 Å². The van der Waals surface area contributed by atoms with Gasteiger partial charge in [-0.3, -0.25) is 4.79 Å². The molecule has 8 heteroatoms. The first-order valence-electron chi connectivity index (χ1n) is 9.92. The van der Waals surface area contributed by atoms with Crippen LogP contribution in [0.15, 0.2) is 83.1 Å². The number of amides is 1. The van der Waals surface area contributed by atoms with Crippen molar-refractivity contribution >= 4 is 57.6 Å².